The van der Waals surface area contributed by atoms with Gasteiger partial charge in [-0.2, -0.15) is 0 Å². The van der Waals surface area contributed by atoms with Crippen LogP contribution in [0, 0.1) is 0 Å². The molecule has 1 aliphatic heterocycles. The van der Waals surface area contributed by atoms with E-state index in [9.17, 15) is 4.79 Å². The molecule has 0 atom stereocenters. The molecule has 1 rings (SSSR count). The smallest absolute Gasteiger partial charge is 0.431 e. The number of hydrogen-bond donors (Lipinski definition) is 3. The largest absolute Gasteiger partial charge is 0.508 e. The Kier molecular flexibility index (Phi) is 6.35. The highest BCUT2D eigenvalue weighted by Gasteiger charge is 2.09. The zero-order chi connectivity index (χ0) is 9.40. The van der Waals surface area contributed by atoms with Gasteiger partial charge in [0.25, 0.3) is 0 Å². The summed E-state index contributed by atoms with van der Waals surface area (Å²) in [6, 6.07) is 0. The first-order valence-corrected chi connectivity index (χ1v) is 3.40. The Hall–Kier alpha value is -0.850. The second-order valence-corrected chi connectivity index (χ2v) is 1.97. The van der Waals surface area contributed by atoms with Crippen molar-refractivity contribution >= 4 is 6.16 Å². The van der Waals surface area contributed by atoms with E-state index >= 15 is 0 Å². The van der Waals surface area contributed by atoms with Crippen LogP contribution in [0.25, 0.3) is 0 Å². The van der Waals surface area contributed by atoms with Crippen LogP contribution in [0.15, 0.2) is 0 Å². The molecule has 1 saturated heterocycles. The topological polar surface area (TPSA) is 96.2 Å². The monoisotopic (exact) mass is 180 g/mol. The highest BCUT2D eigenvalue weighted by molar-refractivity contribution is 5.61. The van der Waals surface area contributed by atoms with Crippen LogP contribution in [0.1, 0.15) is 0 Å². The summed E-state index contributed by atoms with van der Waals surface area (Å²) in [6.07, 6.45) is -1.50. The quantitative estimate of drug-likeness (QED) is 0.447. The molecule has 72 valence electrons. The first-order valence-electron chi connectivity index (χ1n) is 3.40. The minimum atomic E-state index is -0.954. The molecule has 12 heavy (non-hydrogen) atoms. The number of carbonyl (C=O) groups is 1. The van der Waals surface area contributed by atoms with Gasteiger partial charge >= 0.3 is 6.16 Å². The van der Waals surface area contributed by atoms with Gasteiger partial charge in [-0.25, -0.2) is 4.79 Å². The van der Waals surface area contributed by atoms with E-state index in [-0.39, 0.29) is 13.2 Å². The summed E-state index contributed by atoms with van der Waals surface area (Å²) < 4.78 is 8.58. The number of carbonyl (C=O) groups excluding carboxylic acids is 1. The third-order valence-electron chi connectivity index (χ3n) is 0.945. The van der Waals surface area contributed by atoms with Gasteiger partial charge in [-0.1, -0.05) is 0 Å². The van der Waals surface area contributed by atoms with Crippen molar-refractivity contribution in [3.63, 3.8) is 0 Å². The van der Waals surface area contributed by atoms with Crippen LogP contribution in [0.5, 0.6) is 0 Å². The minimum Gasteiger partial charge on any atom is -0.431 e. The van der Waals surface area contributed by atoms with Crippen LogP contribution < -0.4 is 0 Å². The van der Waals surface area contributed by atoms with E-state index in [2.05, 4.69) is 9.47 Å². The van der Waals surface area contributed by atoms with Crippen molar-refractivity contribution in [2.75, 3.05) is 26.4 Å². The molecule has 6 heteroatoms. The van der Waals surface area contributed by atoms with Gasteiger partial charge in [0.15, 0.2) is 0 Å². The predicted molar refractivity (Wildman–Crippen MR) is 37.5 cm³/mol. The Labute approximate surface area is 69.3 Å². The minimum absolute atomic E-state index is 0.365. The van der Waals surface area contributed by atoms with Crippen LogP contribution in [0.4, 0.5) is 4.79 Å². The van der Waals surface area contributed by atoms with Gasteiger partial charge in [0, 0.05) is 0 Å². The number of aliphatic hydroxyl groups excluding tert-OH is 3. The van der Waals surface area contributed by atoms with E-state index in [4.69, 9.17) is 15.3 Å². The Bertz CT molecular complexity index is 113. The number of aliphatic hydroxyl groups is 3. The van der Waals surface area contributed by atoms with Crippen LogP contribution in [-0.4, -0.2) is 54.0 Å². The molecule has 1 aliphatic rings. The third kappa shape index (κ3) is 5.90. The molecule has 0 radical (unpaired) electrons. The molecule has 1 fully saturated rings. The lowest BCUT2D eigenvalue weighted by Gasteiger charge is -1.96. The number of hydrogen-bond acceptors (Lipinski definition) is 6. The molecule has 0 aromatic carbocycles. The molecule has 0 amide bonds. The first kappa shape index (κ1) is 11.2. The zero-order valence-electron chi connectivity index (χ0n) is 6.47. The lowest BCUT2D eigenvalue weighted by Crippen LogP contribution is -2.15. The molecular weight excluding hydrogens is 168 g/mol. The van der Waals surface area contributed by atoms with E-state index in [0.29, 0.717) is 13.2 Å². The number of rotatable bonds is 2. The Morgan fingerprint density at radius 3 is 1.75 bits per heavy atom. The normalized spacial score (nSPS) is 14.8. The summed E-state index contributed by atoms with van der Waals surface area (Å²) in [6.45, 7) is 0.102. The second-order valence-electron chi connectivity index (χ2n) is 1.97. The van der Waals surface area contributed by atoms with Crippen molar-refractivity contribution in [3.8, 4) is 0 Å². The maximum absolute atomic E-state index is 9.80. The lowest BCUT2D eigenvalue weighted by molar-refractivity contribution is 0.0450. The SMILES string of the molecule is O=C1OCCO1.OCC(O)CO. The van der Waals surface area contributed by atoms with Gasteiger partial charge in [-0.15, -0.1) is 0 Å². The molecule has 0 bridgehead atoms. The molecule has 3 N–H and O–H groups in total. The van der Waals surface area contributed by atoms with Crippen molar-refractivity contribution in [1.29, 1.82) is 0 Å². The Morgan fingerprint density at radius 1 is 1.25 bits per heavy atom. The van der Waals surface area contributed by atoms with E-state index in [1.807, 2.05) is 0 Å². The standard InChI is InChI=1S/C3H4O3.C3H8O3/c4-3-5-1-2-6-3;4-1-3(6)2-5/h1-2H2;3-6H,1-2H2. The fourth-order valence-electron chi connectivity index (χ4n) is 0.349. The van der Waals surface area contributed by atoms with Gasteiger partial charge in [-0.3, -0.25) is 0 Å². The Morgan fingerprint density at radius 2 is 1.67 bits per heavy atom. The fraction of sp³-hybridized carbons (Fsp3) is 0.833. The van der Waals surface area contributed by atoms with Crippen molar-refractivity contribution < 1.29 is 29.6 Å². The van der Waals surface area contributed by atoms with Crippen LogP contribution >= 0.6 is 0 Å². The summed E-state index contributed by atoms with van der Waals surface area (Å²) in [5.74, 6) is 0. The van der Waals surface area contributed by atoms with Gasteiger partial charge in [0.05, 0.1) is 13.2 Å². The van der Waals surface area contributed by atoms with Crippen molar-refractivity contribution in [2.45, 2.75) is 6.10 Å². The van der Waals surface area contributed by atoms with Crippen molar-refractivity contribution in [1.82, 2.24) is 0 Å². The second kappa shape index (κ2) is 6.84. The van der Waals surface area contributed by atoms with Gasteiger partial charge < -0.3 is 24.8 Å². The van der Waals surface area contributed by atoms with Crippen molar-refractivity contribution in [2.24, 2.45) is 0 Å². The lowest BCUT2D eigenvalue weighted by atomic mass is 10.4. The maximum atomic E-state index is 9.80. The molecule has 0 unspecified atom stereocenters. The van der Waals surface area contributed by atoms with E-state index in [1.165, 1.54) is 0 Å². The highest BCUT2D eigenvalue weighted by Crippen LogP contribution is 1.92. The van der Waals surface area contributed by atoms with Gasteiger partial charge in [-0.05, 0) is 0 Å². The van der Waals surface area contributed by atoms with Gasteiger partial charge in [0.2, 0.25) is 0 Å². The molecule has 0 saturated carbocycles. The molecule has 0 aliphatic carbocycles. The first-order chi connectivity index (χ1) is 5.70. The predicted octanol–water partition coefficient (Wildman–Crippen LogP) is -1.51. The number of ether oxygens (including phenoxy) is 2. The van der Waals surface area contributed by atoms with E-state index in [1.54, 1.807) is 0 Å². The van der Waals surface area contributed by atoms with Crippen LogP contribution in [0.3, 0.4) is 0 Å². The third-order valence-corrected chi connectivity index (χ3v) is 0.945. The average Bonchev–Trinajstić information content (AvgIpc) is 2.55. The Balaban J connectivity index is 0.000000202. The summed E-state index contributed by atoms with van der Waals surface area (Å²) in [5, 5.41) is 24.0. The highest BCUT2D eigenvalue weighted by atomic mass is 16.8. The molecule has 0 aromatic rings. The zero-order valence-corrected chi connectivity index (χ0v) is 6.47. The maximum Gasteiger partial charge on any atom is 0.508 e. The van der Waals surface area contributed by atoms with Crippen LogP contribution in [0.2, 0.25) is 0 Å². The summed E-state index contributed by atoms with van der Waals surface area (Å²) in [4.78, 5) is 9.80. The summed E-state index contributed by atoms with van der Waals surface area (Å²) in [5.41, 5.74) is 0. The summed E-state index contributed by atoms with van der Waals surface area (Å²) in [7, 11) is 0. The summed E-state index contributed by atoms with van der Waals surface area (Å²) >= 11 is 0. The molecule has 0 spiro atoms. The fourth-order valence-corrected chi connectivity index (χ4v) is 0.349. The van der Waals surface area contributed by atoms with Gasteiger partial charge in [0.1, 0.15) is 19.3 Å². The van der Waals surface area contributed by atoms with E-state index < -0.39 is 12.3 Å². The van der Waals surface area contributed by atoms with Crippen molar-refractivity contribution in [3.05, 3.63) is 0 Å². The number of cyclic esters (lactones) is 2. The molecule has 6 nitrogen and oxygen atoms in total. The molecule has 0 aromatic heterocycles. The van der Waals surface area contributed by atoms with E-state index in [0.717, 1.165) is 0 Å². The molecule has 1 heterocycles. The van der Waals surface area contributed by atoms with Crippen LogP contribution in [-0.2, 0) is 9.47 Å². The molecular formula is C6H12O6. The average molecular weight is 180 g/mol.